The molecule has 0 atom stereocenters. The van der Waals surface area contributed by atoms with E-state index in [4.69, 9.17) is 16.7 Å². The van der Waals surface area contributed by atoms with Gasteiger partial charge in [0, 0.05) is 5.69 Å². The van der Waals surface area contributed by atoms with E-state index in [0.717, 1.165) is 0 Å². The van der Waals surface area contributed by atoms with Gasteiger partial charge < -0.3 is 5.11 Å². The summed E-state index contributed by atoms with van der Waals surface area (Å²) in [6, 6.07) is 9.01. The first kappa shape index (κ1) is 13.6. The molecule has 0 aliphatic heterocycles. The Labute approximate surface area is 124 Å². The van der Waals surface area contributed by atoms with Crippen molar-refractivity contribution in [2.75, 3.05) is 0 Å². The number of nitrogens with zero attached hydrogens (tertiary/aromatic N) is 2. The molecule has 3 aromatic rings. The lowest BCUT2D eigenvalue weighted by atomic mass is 10.2. The van der Waals surface area contributed by atoms with Gasteiger partial charge in [0.25, 0.3) is 0 Å². The molecule has 4 nitrogen and oxygen atoms in total. The molecule has 0 spiro atoms. The highest BCUT2D eigenvalue weighted by molar-refractivity contribution is 6.30. The van der Waals surface area contributed by atoms with Crippen LogP contribution < -0.4 is 0 Å². The Hall–Kier alpha value is -2.40. The first-order valence-corrected chi connectivity index (χ1v) is 6.53. The molecule has 1 N–H and O–H groups in total. The van der Waals surface area contributed by atoms with E-state index in [1.54, 1.807) is 23.6 Å². The van der Waals surface area contributed by atoms with E-state index < -0.39 is 11.8 Å². The second-order valence-corrected chi connectivity index (χ2v) is 5.01. The normalized spacial score (nSPS) is 11.0. The van der Waals surface area contributed by atoms with Crippen LogP contribution in [0, 0.1) is 12.7 Å². The molecule has 0 saturated heterocycles. The van der Waals surface area contributed by atoms with E-state index >= 15 is 0 Å². The second-order valence-electron chi connectivity index (χ2n) is 4.60. The fraction of sp³-hybridized carbons (Fsp3) is 0.0667. The molecule has 1 aromatic heterocycles. The number of imidazole rings is 1. The minimum Gasteiger partial charge on any atom is -0.478 e. The van der Waals surface area contributed by atoms with Crippen LogP contribution in [0.3, 0.4) is 0 Å². The first-order valence-electron chi connectivity index (χ1n) is 6.15. The lowest BCUT2D eigenvalue weighted by Crippen LogP contribution is -1.99. The minimum atomic E-state index is -1.01. The van der Waals surface area contributed by atoms with E-state index in [-0.39, 0.29) is 10.6 Å². The number of fused-ring (bicyclic) bond motifs is 1. The Morgan fingerprint density at radius 1 is 1.29 bits per heavy atom. The Morgan fingerprint density at radius 2 is 2.05 bits per heavy atom. The zero-order chi connectivity index (χ0) is 15.1. The Kier molecular flexibility index (Phi) is 3.14. The van der Waals surface area contributed by atoms with Crippen molar-refractivity contribution in [3.8, 4) is 5.69 Å². The fourth-order valence-corrected chi connectivity index (χ4v) is 2.45. The van der Waals surface area contributed by atoms with E-state index in [2.05, 4.69) is 4.98 Å². The maximum Gasteiger partial charge on any atom is 0.335 e. The summed E-state index contributed by atoms with van der Waals surface area (Å²) in [6.45, 7) is 1.79. The lowest BCUT2D eigenvalue weighted by molar-refractivity contribution is 0.0697. The largest absolute Gasteiger partial charge is 0.478 e. The summed E-state index contributed by atoms with van der Waals surface area (Å²) in [5, 5.41) is 9.10. The van der Waals surface area contributed by atoms with Gasteiger partial charge in [0.2, 0.25) is 0 Å². The average Bonchev–Trinajstić information content (AvgIpc) is 2.77. The molecule has 0 bridgehead atoms. The molecule has 1 heterocycles. The summed E-state index contributed by atoms with van der Waals surface area (Å²) >= 11 is 5.81. The number of rotatable bonds is 2. The molecule has 0 fully saturated rings. The molecular weight excluding hydrogens is 295 g/mol. The highest BCUT2D eigenvalue weighted by Gasteiger charge is 2.13. The lowest BCUT2D eigenvalue weighted by Gasteiger charge is -2.08. The molecule has 0 unspecified atom stereocenters. The number of carbonyl (C=O) groups is 1. The Bertz CT molecular complexity index is 873. The quantitative estimate of drug-likeness (QED) is 0.783. The SMILES string of the molecule is Cc1nc2ccc(C(=O)O)cc2n1-c1ccc(F)c(Cl)c1. The third-order valence-corrected chi connectivity index (χ3v) is 3.52. The summed E-state index contributed by atoms with van der Waals surface area (Å²) < 4.78 is 15.0. The van der Waals surface area contributed by atoms with Crippen LogP contribution in [-0.2, 0) is 0 Å². The van der Waals surface area contributed by atoms with Crippen molar-refractivity contribution in [3.63, 3.8) is 0 Å². The number of benzene rings is 2. The number of aromatic nitrogens is 2. The topological polar surface area (TPSA) is 55.1 Å². The number of aryl methyl sites for hydroxylation is 1. The van der Waals surface area contributed by atoms with Crippen molar-refractivity contribution >= 4 is 28.6 Å². The van der Waals surface area contributed by atoms with Crippen LogP contribution in [0.2, 0.25) is 5.02 Å². The van der Waals surface area contributed by atoms with Crippen LogP contribution in [0.5, 0.6) is 0 Å². The minimum absolute atomic E-state index is 0.00291. The van der Waals surface area contributed by atoms with Crippen molar-refractivity contribution in [3.05, 3.63) is 58.6 Å². The first-order chi connectivity index (χ1) is 9.97. The number of hydrogen-bond acceptors (Lipinski definition) is 2. The summed E-state index contributed by atoms with van der Waals surface area (Å²) in [4.78, 5) is 15.5. The zero-order valence-electron chi connectivity index (χ0n) is 11.0. The summed E-state index contributed by atoms with van der Waals surface area (Å²) in [6.07, 6.45) is 0. The molecule has 0 radical (unpaired) electrons. The molecule has 0 saturated carbocycles. The molecule has 0 aliphatic carbocycles. The van der Waals surface area contributed by atoms with Gasteiger partial charge in [0.15, 0.2) is 0 Å². The summed E-state index contributed by atoms with van der Waals surface area (Å²) in [5.74, 6) is -0.858. The van der Waals surface area contributed by atoms with Crippen molar-refractivity contribution in [1.82, 2.24) is 9.55 Å². The van der Waals surface area contributed by atoms with E-state index in [1.807, 2.05) is 0 Å². The Morgan fingerprint density at radius 3 is 2.71 bits per heavy atom. The van der Waals surface area contributed by atoms with Crippen LogP contribution in [0.4, 0.5) is 4.39 Å². The van der Waals surface area contributed by atoms with Gasteiger partial charge in [0.05, 0.1) is 21.6 Å². The van der Waals surface area contributed by atoms with Crippen molar-refractivity contribution < 1.29 is 14.3 Å². The second kappa shape index (κ2) is 4.86. The molecular formula is C15H10ClFN2O2. The molecule has 0 aliphatic rings. The molecule has 3 rings (SSSR count). The standard InChI is InChI=1S/C15H10ClFN2O2/c1-8-18-13-5-2-9(15(20)21)6-14(13)19(8)10-3-4-12(17)11(16)7-10/h2-7H,1H3,(H,20,21). The average molecular weight is 305 g/mol. The number of aromatic carboxylic acids is 1. The number of carboxylic acid groups (broad SMARTS) is 1. The summed E-state index contributed by atoms with van der Waals surface area (Å²) in [5.41, 5.74) is 2.09. The van der Waals surface area contributed by atoms with Crippen LogP contribution >= 0.6 is 11.6 Å². The number of carboxylic acids is 1. The van der Waals surface area contributed by atoms with E-state index in [1.165, 1.54) is 24.3 Å². The van der Waals surface area contributed by atoms with Crippen LogP contribution in [0.1, 0.15) is 16.2 Å². The third-order valence-electron chi connectivity index (χ3n) is 3.23. The monoisotopic (exact) mass is 304 g/mol. The van der Waals surface area contributed by atoms with Gasteiger partial charge >= 0.3 is 5.97 Å². The molecule has 6 heteroatoms. The van der Waals surface area contributed by atoms with Gasteiger partial charge in [-0.3, -0.25) is 4.57 Å². The van der Waals surface area contributed by atoms with Crippen molar-refractivity contribution in [2.45, 2.75) is 6.92 Å². The predicted molar refractivity (Wildman–Crippen MR) is 77.7 cm³/mol. The van der Waals surface area contributed by atoms with E-state index in [0.29, 0.717) is 22.5 Å². The smallest absolute Gasteiger partial charge is 0.335 e. The van der Waals surface area contributed by atoms with Crippen LogP contribution in [0.15, 0.2) is 36.4 Å². The maximum atomic E-state index is 13.3. The van der Waals surface area contributed by atoms with Gasteiger partial charge in [-0.05, 0) is 43.3 Å². The van der Waals surface area contributed by atoms with Crippen LogP contribution in [-0.4, -0.2) is 20.6 Å². The molecule has 0 amide bonds. The third kappa shape index (κ3) is 2.25. The number of halogens is 2. The van der Waals surface area contributed by atoms with Gasteiger partial charge in [-0.2, -0.15) is 0 Å². The maximum absolute atomic E-state index is 13.3. The van der Waals surface area contributed by atoms with Crippen molar-refractivity contribution in [1.29, 1.82) is 0 Å². The highest BCUT2D eigenvalue weighted by Crippen LogP contribution is 2.25. The molecule has 2 aromatic carbocycles. The van der Waals surface area contributed by atoms with Gasteiger partial charge in [-0.25, -0.2) is 14.2 Å². The van der Waals surface area contributed by atoms with Crippen molar-refractivity contribution in [2.24, 2.45) is 0 Å². The Balaban J connectivity index is 2.29. The predicted octanol–water partition coefficient (Wildman–Crippen LogP) is 3.82. The zero-order valence-corrected chi connectivity index (χ0v) is 11.7. The van der Waals surface area contributed by atoms with Gasteiger partial charge in [-0.15, -0.1) is 0 Å². The highest BCUT2D eigenvalue weighted by atomic mass is 35.5. The fourth-order valence-electron chi connectivity index (χ4n) is 2.28. The van der Waals surface area contributed by atoms with Gasteiger partial charge in [0.1, 0.15) is 11.6 Å². The van der Waals surface area contributed by atoms with Gasteiger partial charge in [-0.1, -0.05) is 11.6 Å². The summed E-state index contributed by atoms with van der Waals surface area (Å²) in [7, 11) is 0. The number of hydrogen-bond donors (Lipinski definition) is 1. The van der Waals surface area contributed by atoms with Crippen LogP contribution in [0.25, 0.3) is 16.7 Å². The van der Waals surface area contributed by atoms with E-state index in [9.17, 15) is 9.18 Å². The molecule has 21 heavy (non-hydrogen) atoms. The molecule has 106 valence electrons.